The molecule has 1 aromatic heterocycles. The van der Waals surface area contributed by atoms with E-state index in [9.17, 15) is 9.59 Å². The summed E-state index contributed by atoms with van der Waals surface area (Å²) >= 11 is 0. The first-order chi connectivity index (χ1) is 12.9. The lowest BCUT2D eigenvalue weighted by Crippen LogP contribution is -2.28. The molecule has 2 aromatic rings. The third kappa shape index (κ3) is 4.99. The number of anilines is 1. The number of nitrogens with one attached hydrogen (secondary N) is 2. The summed E-state index contributed by atoms with van der Waals surface area (Å²) in [5.41, 5.74) is 0.857. The Kier molecular flexibility index (Phi) is 6.81. The molecule has 8 heteroatoms. The average Bonchev–Trinajstić information content (AvgIpc) is 3.08. The highest BCUT2D eigenvalue weighted by Gasteiger charge is 2.21. The van der Waals surface area contributed by atoms with Crippen LogP contribution in [0.2, 0.25) is 0 Å². The van der Waals surface area contributed by atoms with E-state index >= 15 is 0 Å². The number of amides is 2. The SMILES string of the molecule is CCn1cc(NC(=O)c2ccc(OC)cc2OC)c(C(=O)NCC(C)C)n1. The first kappa shape index (κ1) is 20.3. The molecule has 0 radical (unpaired) electrons. The largest absolute Gasteiger partial charge is 0.497 e. The lowest BCUT2D eigenvalue weighted by atomic mass is 10.1. The zero-order valence-corrected chi connectivity index (χ0v) is 16.3. The lowest BCUT2D eigenvalue weighted by Gasteiger charge is -2.11. The summed E-state index contributed by atoms with van der Waals surface area (Å²) in [4.78, 5) is 25.2. The van der Waals surface area contributed by atoms with Crippen LogP contribution in [0.1, 0.15) is 41.6 Å². The Bertz CT molecular complexity index is 814. The Morgan fingerprint density at radius 1 is 1.19 bits per heavy atom. The van der Waals surface area contributed by atoms with Crippen molar-refractivity contribution in [3.8, 4) is 11.5 Å². The molecule has 8 nitrogen and oxygen atoms in total. The molecule has 0 bridgehead atoms. The minimum absolute atomic E-state index is 0.179. The number of methoxy groups -OCH3 is 2. The Balaban J connectivity index is 2.27. The van der Waals surface area contributed by atoms with Gasteiger partial charge in [0.05, 0.1) is 25.5 Å². The number of benzene rings is 1. The normalized spacial score (nSPS) is 10.6. The molecule has 0 aliphatic carbocycles. The zero-order valence-electron chi connectivity index (χ0n) is 16.3. The fourth-order valence-corrected chi connectivity index (χ4v) is 2.40. The molecule has 0 saturated heterocycles. The molecule has 0 spiro atoms. The molecule has 0 aliphatic heterocycles. The summed E-state index contributed by atoms with van der Waals surface area (Å²) < 4.78 is 12.0. The van der Waals surface area contributed by atoms with E-state index in [1.165, 1.54) is 14.2 Å². The first-order valence-corrected chi connectivity index (χ1v) is 8.78. The van der Waals surface area contributed by atoms with E-state index in [0.29, 0.717) is 41.8 Å². The average molecular weight is 374 g/mol. The van der Waals surface area contributed by atoms with Gasteiger partial charge in [-0.15, -0.1) is 0 Å². The van der Waals surface area contributed by atoms with E-state index in [4.69, 9.17) is 9.47 Å². The number of carbonyl (C=O) groups excluding carboxylic acids is 2. The van der Waals surface area contributed by atoms with Gasteiger partial charge in [0.2, 0.25) is 0 Å². The zero-order chi connectivity index (χ0) is 20.0. The van der Waals surface area contributed by atoms with Crippen LogP contribution in [0.15, 0.2) is 24.4 Å². The van der Waals surface area contributed by atoms with Gasteiger partial charge in [0, 0.05) is 25.4 Å². The lowest BCUT2D eigenvalue weighted by molar-refractivity contribution is 0.0944. The summed E-state index contributed by atoms with van der Waals surface area (Å²) in [7, 11) is 3.02. The third-order valence-corrected chi connectivity index (χ3v) is 3.87. The van der Waals surface area contributed by atoms with Crippen molar-refractivity contribution in [2.45, 2.75) is 27.3 Å². The van der Waals surface area contributed by atoms with Crippen molar-refractivity contribution in [3.63, 3.8) is 0 Å². The van der Waals surface area contributed by atoms with Crippen LogP contribution in [0.4, 0.5) is 5.69 Å². The molecule has 0 atom stereocenters. The van der Waals surface area contributed by atoms with Crippen LogP contribution in [0.5, 0.6) is 11.5 Å². The van der Waals surface area contributed by atoms with E-state index < -0.39 is 5.91 Å². The summed E-state index contributed by atoms with van der Waals surface area (Å²) in [5, 5.41) is 9.84. The van der Waals surface area contributed by atoms with Crippen molar-refractivity contribution >= 4 is 17.5 Å². The molecular weight excluding hydrogens is 348 g/mol. The summed E-state index contributed by atoms with van der Waals surface area (Å²) in [6.07, 6.45) is 1.64. The molecule has 27 heavy (non-hydrogen) atoms. The van der Waals surface area contributed by atoms with Crippen molar-refractivity contribution in [3.05, 3.63) is 35.7 Å². The molecule has 0 saturated carbocycles. The molecular formula is C19H26N4O4. The Labute approximate surface area is 158 Å². The number of aryl methyl sites for hydroxylation is 1. The van der Waals surface area contributed by atoms with E-state index in [1.807, 2.05) is 20.8 Å². The van der Waals surface area contributed by atoms with Gasteiger partial charge in [-0.1, -0.05) is 13.8 Å². The fraction of sp³-hybridized carbons (Fsp3) is 0.421. The molecule has 2 N–H and O–H groups in total. The summed E-state index contributed by atoms with van der Waals surface area (Å²) in [6.45, 7) is 7.01. The van der Waals surface area contributed by atoms with Crippen LogP contribution in [-0.2, 0) is 6.54 Å². The van der Waals surface area contributed by atoms with Gasteiger partial charge in [-0.25, -0.2) is 0 Å². The minimum Gasteiger partial charge on any atom is -0.497 e. The number of aromatic nitrogens is 2. The number of carbonyl (C=O) groups is 2. The topological polar surface area (TPSA) is 94.5 Å². The molecule has 146 valence electrons. The number of hydrogen-bond acceptors (Lipinski definition) is 5. The van der Waals surface area contributed by atoms with E-state index in [0.717, 1.165) is 0 Å². The van der Waals surface area contributed by atoms with Crippen LogP contribution >= 0.6 is 0 Å². The van der Waals surface area contributed by atoms with Gasteiger partial charge >= 0.3 is 0 Å². The second-order valence-corrected chi connectivity index (χ2v) is 6.37. The molecule has 0 unspecified atom stereocenters. The highest BCUT2D eigenvalue weighted by molar-refractivity contribution is 6.09. The Morgan fingerprint density at radius 3 is 2.52 bits per heavy atom. The van der Waals surface area contributed by atoms with E-state index in [-0.39, 0.29) is 11.6 Å². The number of ether oxygens (including phenoxy) is 2. The fourth-order valence-electron chi connectivity index (χ4n) is 2.40. The number of rotatable bonds is 8. The highest BCUT2D eigenvalue weighted by atomic mass is 16.5. The van der Waals surface area contributed by atoms with Gasteiger partial charge in [0.25, 0.3) is 11.8 Å². The number of hydrogen-bond donors (Lipinski definition) is 2. The second kappa shape index (κ2) is 9.07. The predicted molar refractivity (Wildman–Crippen MR) is 103 cm³/mol. The molecule has 2 amide bonds. The van der Waals surface area contributed by atoms with Gasteiger partial charge in [0.1, 0.15) is 11.5 Å². The van der Waals surface area contributed by atoms with Crippen LogP contribution in [0.25, 0.3) is 0 Å². The van der Waals surface area contributed by atoms with Crippen molar-refractivity contribution < 1.29 is 19.1 Å². The van der Waals surface area contributed by atoms with Crippen LogP contribution in [-0.4, -0.2) is 42.4 Å². The minimum atomic E-state index is -0.400. The number of nitrogens with zero attached hydrogens (tertiary/aromatic N) is 2. The first-order valence-electron chi connectivity index (χ1n) is 8.78. The summed E-state index contributed by atoms with van der Waals surface area (Å²) in [6, 6.07) is 4.90. The molecule has 2 rings (SSSR count). The smallest absolute Gasteiger partial charge is 0.273 e. The molecule has 1 heterocycles. The predicted octanol–water partition coefficient (Wildman–Crippen LogP) is 2.56. The Hall–Kier alpha value is -3.03. The van der Waals surface area contributed by atoms with Crippen LogP contribution < -0.4 is 20.1 Å². The standard InChI is InChI=1S/C19H26N4O4/c1-6-23-11-15(17(22-23)19(25)20-10-12(2)3)21-18(24)14-8-7-13(26-4)9-16(14)27-5/h7-9,11-12H,6,10H2,1-5H3,(H,20,25)(H,21,24). The van der Waals surface area contributed by atoms with Gasteiger partial charge in [0.15, 0.2) is 5.69 Å². The van der Waals surface area contributed by atoms with Crippen molar-refractivity contribution in [1.82, 2.24) is 15.1 Å². The van der Waals surface area contributed by atoms with Crippen LogP contribution in [0.3, 0.4) is 0 Å². The maximum atomic E-state index is 12.7. The van der Waals surface area contributed by atoms with Gasteiger partial charge in [-0.2, -0.15) is 5.10 Å². The molecule has 0 fully saturated rings. The summed E-state index contributed by atoms with van der Waals surface area (Å²) in [5.74, 6) is 0.538. The van der Waals surface area contributed by atoms with Gasteiger partial charge < -0.3 is 20.1 Å². The van der Waals surface area contributed by atoms with Crippen molar-refractivity contribution in [1.29, 1.82) is 0 Å². The maximum Gasteiger partial charge on any atom is 0.273 e. The molecule has 0 aliphatic rings. The van der Waals surface area contributed by atoms with Crippen molar-refractivity contribution in [2.75, 3.05) is 26.1 Å². The highest BCUT2D eigenvalue weighted by Crippen LogP contribution is 2.26. The van der Waals surface area contributed by atoms with Gasteiger partial charge in [-0.05, 0) is 25.0 Å². The molecule has 1 aromatic carbocycles. The maximum absolute atomic E-state index is 12.7. The second-order valence-electron chi connectivity index (χ2n) is 6.37. The van der Waals surface area contributed by atoms with Crippen LogP contribution in [0, 0.1) is 5.92 Å². The van der Waals surface area contributed by atoms with Crippen molar-refractivity contribution in [2.24, 2.45) is 5.92 Å². The van der Waals surface area contributed by atoms with Gasteiger partial charge in [-0.3, -0.25) is 14.3 Å². The van der Waals surface area contributed by atoms with E-state index in [2.05, 4.69) is 15.7 Å². The third-order valence-electron chi connectivity index (χ3n) is 3.87. The Morgan fingerprint density at radius 2 is 1.93 bits per heavy atom. The quantitative estimate of drug-likeness (QED) is 0.740. The van der Waals surface area contributed by atoms with E-state index in [1.54, 1.807) is 29.1 Å². The monoisotopic (exact) mass is 374 g/mol.